The summed E-state index contributed by atoms with van der Waals surface area (Å²) in [5, 5.41) is 4.34. The normalized spacial score (nSPS) is 16.0. The molecule has 2 heterocycles. The van der Waals surface area contributed by atoms with Crippen molar-refractivity contribution in [2.45, 2.75) is 32.7 Å². The lowest BCUT2D eigenvalue weighted by atomic mass is 10.1. The SMILES string of the molecule is CC.COc1cc2c(OCC3CCC(=O)N3)nccc2cc1C(N)=O. The first-order chi connectivity index (χ1) is 12.1. The van der Waals surface area contributed by atoms with Gasteiger partial charge in [0.15, 0.2) is 0 Å². The van der Waals surface area contributed by atoms with Gasteiger partial charge in [0.05, 0.1) is 18.7 Å². The average Bonchev–Trinajstić information content (AvgIpc) is 3.05. The predicted molar refractivity (Wildman–Crippen MR) is 94.8 cm³/mol. The second-order valence-corrected chi connectivity index (χ2v) is 5.37. The van der Waals surface area contributed by atoms with Crippen LogP contribution in [0.15, 0.2) is 24.4 Å². The van der Waals surface area contributed by atoms with Crippen LogP contribution < -0.4 is 20.5 Å². The molecule has 2 aromatic rings. The first-order valence-electron chi connectivity index (χ1n) is 8.27. The molecule has 134 valence electrons. The van der Waals surface area contributed by atoms with Crippen molar-refractivity contribution in [3.8, 4) is 11.6 Å². The summed E-state index contributed by atoms with van der Waals surface area (Å²) >= 11 is 0. The number of nitrogens with two attached hydrogens (primary N) is 1. The van der Waals surface area contributed by atoms with Crippen LogP contribution in [0.25, 0.3) is 10.8 Å². The van der Waals surface area contributed by atoms with Gasteiger partial charge in [0.2, 0.25) is 11.8 Å². The molecule has 0 aliphatic carbocycles. The van der Waals surface area contributed by atoms with E-state index in [1.807, 2.05) is 13.8 Å². The summed E-state index contributed by atoms with van der Waals surface area (Å²) in [6, 6.07) is 5.10. The van der Waals surface area contributed by atoms with Crippen LogP contribution in [-0.2, 0) is 4.79 Å². The summed E-state index contributed by atoms with van der Waals surface area (Å²) in [7, 11) is 1.47. The molecule has 1 aromatic carbocycles. The van der Waals surface area contributed by atoms with Crippen molar-refractivity contribution in [1.82, 2.24) is 10.3 Å². The molecule has 25 heavy (non-hydrogen) atoms. The molecule has 2 amide bonds. The van der Waals surface area contributed by atoms with Gasteiger partial charge in [0, 0.05) is 18.0 Å². The fourth-order valence-electron chi connectivity index (χ4n) is 2.63. The van der Waals surface area contributed by atoms with Crippen molar-refractivity contribution in [3.63, 3.8) is 0 Å². The van der Waals surface area contributed by atoms with E-state index in [0.717, 1.165) is 17.2 Å². The molecule has 1 aliphatic rings. The number of rotatable bonds is 5. The van der Waals surface area contributed by atoms with Gasteiger partial charge in [-0.15, -0.1) is 0 Å². The van der Waals surface area contributed by atoms with E-state index in [9.17, 15) is 9.59 Å². The first-order valence-corrected chi connectivity index (χ1v) is 8.27. The maximum absolute atomic E-state index is 11.5. The van der Waals surface area contributed by atoms with Gasteiger partial charge in [-0.05, 0) is 30.0 Å². The third-order valence-electron chi connectivity index (χ3n) is 3.82. The summed E-state index contributed by atoms with van der Waals surface area (Å²) in [6.07, 6.45) is 2.87. The largest absolute Gasteiger partial charge is 0.496 e. The summed E-state index contributed by atoms with van der Waals surface area (Å²) in [5.74, 6) is 0.281. The summed E-state index contributed by atoms with van der Waals surface area (Å²) in [6.45, 7) is 4.34. The number of nitrogens with one attached hydrogen (secondary N) is 1. The Balaban J connectivity index is 0.00000109. The van der Waals surface area contributed by atoms with Gasteiger partial charge in [0.25, 0.3) is 5.91 Å². The molecule has 1 aromatic heterocycles. The zero-order valence-corrected chi connectivity index (χ0v) is 14.7. The van der Waals surface area contributed by atoms with Crippen LogP contribution in [0.5, 0.6) is 11.6 Å². The lowest BCUT2D eigenvalue weighted by Gasteiger charge is -2.14. The number of fused-ring (bicyclic) bond motifs is 1. The minimum absolute atomic E-state index is 0.00801. The van der Waals surface area contributed by atoms with Gasteiger partial charge in [-0.25, -0.2) is 4.98 Å². The Kier molecular flexibility index (Phi) is 6.16. The van der Waals surface area contributed by atoms with E-state index in [0.29, 0.717) is 30.2 Å². The van der Waals surface area contributed by atoms with Gasteiger partial charge in [-0.1, -0.05) is 13.8 Å². The van der Waals surface area contributed by atoms with Crippen molar-refractivity contribution in [2.75, 3.05) is 13.7 Å². The van der Waals surface area contributed by atoms with Crippen LogP contribution in [0.4, 0.5) is 0 Å². The molecule has 1 atom stereocenters. The molecule has 1 unspecified atom stereocenters. The second kappa shape index (κ2) is 8.32. The maximum Gasteiger partial charge on any atom is 0.252 e. The predicted octanol–water partition coefficient (Wildman–Crippen LogP) is 2.03. The number of methoxy groups -OCH3 is 1. The van der Waals surface area contributed by atoms with Crippen LogP contribution in [0, 0.1) is 0 Å². The fraction of sp³-hybridized carbons (Fsp3) is 0.389. The number of hydrogen-bond acceptors (Lipinski definition) is 5. The Morgan fingerprint density at radius 2 is 2.16 bits per heavy atom. The van der Waals surface area contributed by atoms with E-state index in [4.69, 9.17) is 15.2 Å². The zero-order chi connectivity index (χ0) is 18.4. The Bertz CT molecular complexity index is 776. The van der Waals surface area contributed by atoms with Crippen LogP contribution in [0.1, 0.15) is 37.0 Å². The van der Waals surface area contributed by atoms with E-state index in [1.54, 1.807) is 24.4 Å². The van der Waals surface area contributed by atoms with Crippen molar-refractivity contribution in [2.24, 2.45) is 5.73 Å². The topological polar surface area (TPSA) is 104 Å². The quantitative estimate of drug-likeness (QED) is 0.863. The first kappa shape index (κ1) is 18.5. The van der Waals surface area contributed by atoms with Crippen molar-refractivity contribution in [3.05, 3.63) is 30.0 Å². The number of carbonyl (C=O) groups is 2. The molecule has 0 saturated carbocycles. The Labute approximate surface area is 146 Å². The molecule has 7 heteroatoms. The van der Waals surface area contributed by atoms with E-state index in [2.05, 4.69) is 10.3 Å². The van der Waals surface area contributed by atoms with Crippen molar-refractivity contribution < 1.29 is 19.1 Å². The lowest BCUT2D eigenvalue weighted by Crippen LogP contribution is -2.31. The van der Waals surface area contributed by atoms with Gasteiger partial charge in [-0.2, -0.15) is 0 Å². The van der Waals surface area contributed by atoms with Gasteiger partial charge < -0.3 is 20.5 Å². The smallest absolute Gasteiger partial charge is 0.252 e. The molecule has 1 aliphatic heterocycles. The Hall–Kier alpha value is -2.83. The van der Waals surface area contributed by atoms with E-state index in [-0.39, 0.29) is 11.9 Å². The third-order valence-corrected chi connectivity index (χ3v) is 3.82. The molecule has 0 radical (unpaired) electrons. The number of primary amides is 1. The van der Waals surface area contributed by atoms with Crippen molar-refractivity contribution in [1.29, 1.82) is 0 Å². The van der Waals surface area contributed by atoms with E-state index >= 15 is 0 Å². The van der Waals surface area contributed by atoms with Crippen LogP contribution in [0.3, 0.4) is 0 Å². The summed E-state index contributed by atoms with van der Waals surface area (Å²) < 4.78 is 11.0. The monoisotopic (exact) mass is 345 g/mol. The molecule has 7 nitrogen and oxygen atoms in total. The molecule has 0 spiro atoms. The van der Waals surface area contributed by atoms with Gasteiger partial charge >= 0.3 is 0 Å². The third kappa shape index (κ3) is 4.17. The molecule has 3 rings (SSSR count). The number of ether oxygens (including phenoxy) is 2. The molecular formula is C18H23N3O4. The minimum atomic E-state index is -0.559. The molecule has 1 fully saturated rings. The summed E-state index contributed by atoms with van der Waals surface area (Å²) in [5.41, 5.74) is 5.67. The minimum Gasteiger partial charge on any atom is -0.496 e. The lowest BCUT2D eigenvalue weighted by molar-refractivity contribution is -0.119. The fourth-order valence-corrected chi connectivity index (χ4v) is 2.63. The standard InChI is InChI=1S/C16H17N3O4.C2H6/c1-22-13-7-11-9(6-12(13)15(17)21)4-5-18-16(11)23-8-10-2-3-14(20)19-10;1-2/h4-7,10H,2-3,8H2,1H3,(H2,17,21)(H,19,20);1-2H3. The average molecular weight is 345 g/mol. The van der Waals surface area contributed by atoms with Crippen molar-refractivity contribution >= 4 is 22.6 Å². The highest BCUT2D eigenvalue weighted by Crippen LogP contribution is 2.30. The second-order valence-electron chi connectivity index (χ2n) is 5.37. The highest BCUT2D eigenvalue weighted by atomic mass is 16.5. The number of nitrogens with zero attached hydrogens (tertiary/aromatic N) is 1. The number of hydrogen-bond donors (Lipinski definition) is 2. The highest BCUT2D eigenvalue weighted by molar-refractivity contribution is 6.01. The van der Waals surface area contributed by atoms with Gasteiger partial charge in [-0.3, -0.25) is 9.59 Å². The molecule has 3 N–H and O–H groups in total. The zero-order valence-electron chi connectivity index (χ0n) is 14.7. The van der Waals surface area contributed by atoms with Crippen LogP contribution >= 0.6 is 0 Å². The maximum atomic E-state index is 11.5. The number of amides is 2. The molecular weight excluding hydrogens is 322 g/mol. The van der Waals surface area contributed by atoms with E-state index in [1.165, 1.54) is 7.11 Å². The van der Waals surface area contributed by atoms with Crippen LogP contribution in [-0.4, -0.2) is 36.6 Å². The van der Waals surface area contributed by atoms with Crippen LogP contribution in [0.2, 0.25) is 0 Å². The molecule has 1 saturated heterocycles. The van der Waals surface area contributed by atoms with E-state index < -0.39 is 5.91 Å². The molecule has 0 bridgehead atoms. The number of carbonyl (C=O) groups excluding carboxylic acids is 2. The number of benzene rings is 1. The Morgan fingerprint density at radius 1 is 1.40 bits per heavy atom. The number of aromatic nitrogens is 1. The highest BCUT2D eigenvalue weighted by Gasteiger charge is 2.22. The Morgan fingerprint density at radius 3 is 2.76 bits per heavy atom. The number of pyridine rings is 1. The summed E-state index contributed by atoms with van der Waals surface area (Å²) in [4.78, 5) is 26.9. The van der Waals surface area contributed by atoms with Gasteiger partial charge in [0.1, 0.15) is 12.4 Å².